The number of hydrogen-bond donors (Lipinski definition) is 1. The molecule has 1 amide bonds. The Hall–Kier alpha value is -3.42. The fraction of sp³-hybridized carbons (Fsp3) is 0.0800. The molecule has 0 atom stereocenters. The lowest BCUT2D eigenvalue weighted by molar-refractivity contribution is -0.121. The van der Waals surface area contributed by atoms with Gasteiger partial charge in [0.15, 0.2) is 0 Å². The molecule has 4 rings (SSSR count). The van der Waals surface area contributed by atoms with Crippen molar-refractivity contribution in [2.75, 3.05) is 6.54 Å². The van der Waals surface area contributed by atoms with Crippen LogP contribution in [0.1, 0.15) is 21.5 Å². The van der Waals surface area contributed by atoms with Crippen molar-refractivity contribution in [3.05, 3.63) is 94.9 Å². The maximum atomic E-state index is 12.8. The van der Waals surface area contributed by atoms with Crippen molar-refractivity contribution in [2.45, 2.75) is 6.61 Å². The summed E-state index contributed by atoms with van der Waals surface area (Å²) < 4.78 is 6.61. The first kappa shape index (κ1) is 21.8. The normalized spacial score (nSPS) is 14.9. The van der Waals surface area contributed by atoms with Gasteiger partial charge < -0.3 is 9.84 Å². The van der Waals surface area contributed by atoms with Gasteiger partial charge in [-0.15, -0.1) is 6.58 Å². The van der Waals surface area contributed by atoms with Gasteiger partial charge in [-0.3, -0.25) is 9.69 Å². The molecule has 1 heterocycles. The molecule has 0 saturated carbocycles. The summed E-state index contributed by atoms with van der Waals surface area (Å²) >= 11 is 6.62. The summed E-state index contributed by atoms with van der Waals surface area (Å²) in [5.74, 6) is -0.494. The minimum atomic E-state index is -0.969. The summed E-state index contributed by atoms with van der Waals surface area (Å²) in [5.41, 5.74) is 1.86. The molecule has 7 heteroatoms. The third-order valence-electron chi connectivity index (χ3n) is 4.99. The average molecular weight is 462 g/mol. The van der Waals surface area contributed by atoms with Crippen molar-refractivity contribution in [2.24, 2.45) is 0 Å². The number of carboxylic acid groups (broad SMARTS) is 1. The Kier molecular flexibility index (Phi) is 6.39. The van der Waals surface area contributed by atoms with Crippen LogP contribution in [0.2, 0.25) is 0 Å². The van der Waals surface area contributed by atoms with Gasteiger partial charge in [-0.1, -0.05) is 72.5 Å². The molecule has 3 aromatic rings. The van der Waals surface area contributed by atoms with Gasteiger partial charge in [-0.2, -0.15) is 0 Å². The minimum Gasteiger partial charge on any atom is -0.488 e. The maximum absolute atomic E-state index is 12.8. The van der Waals surface area contributed by atoms with Gasteiger partial charge in [-0.05, 0) is 40.6 Å². The van der Waals surface area contributed by atoms with E-state index in [2.05, 4.69) is 6.58 Å². The number of thiocarbonyl (C=S) groups is 1. The smallest absolute Gasteiger partial charge is 0.335 e. The first-order valence-electron chi connectivity index (χ1n) is 9.81. The summed E-state index contributed by atoms with van der Waals surface area (Å²) in [5, 5.41) is 11.0. The Morgan fingerprint density at radius 3 is 2.59 bits per heavy atom. The lowest BCUT2D eigenvalue weighted by atomic mass is 10.0. The summed E-state index contributed by atoms with van der Waals surface area (Å²) in [6.07, 6.45) is 3.48. The van der Waals surface area contributed by atoms with E-state index < -0.39 is 5.97 Å². The molecule has 0 spiro atoms. The Labute approximate surface area is 195 Å². The van der Waals surface area contributed by atoms with Crippen LogP contribution in [0.3, 0.4) is 0 Å². The van der Waals surface area contributed by atoms with Crippen LogP contribution in [0.25, 0.3) is 16.8 Å². The second kappa shape index (κ2) is 9.38. The Balaban J connectivity index is 1.69. The molecule has 0 bridgehead atoms. The summed E-state index contributed by atoms with van der Waals surface area (Å²) in [4.78, 5) is 25.9. The molecule has 160 valence electrons. The zero-order valence-corrected chi connectivity index (χ0v) is 18.6. The molecule has 1 saturated heterocycles. The zero-order chi connectivity index (χ0) is 22.7. The molecular weight excluding hydrogens is 442 g/mol. The van der Waals surface area contributed by atoms with E-state index in [1.165, 1.54) is 16.7 Å². The van der Waals surface area contributed by atoms with E-state index in [4.69, 9.17) is 22.1 Å². The number of amides is 1. The van der Waals surface area contributed by atoms with Gasteiger partial charge in [0.25, 0.3) is 5.91 Å². The van der Waals surface area contributed by atoms with Crippen LogP contribution in [0, 0.1) is 0 Å². The van der Waals surface area contributed by atoms with E-state index in [9.17, 15) is 9.59 Å². The first-order chi connectivity index (χ1) is 15.5. The maximum Gasteiger partial charge on any atom is 0.335 e. The fourth-order valence-electron chi connectivity index (χ4n) is 3.37. The van der Waals surface area contributed by atoms with Crippen LogP contribution < -0.4 is 4.74 Å². The molecule has 5 nitrogen and oxygen atoms in total. The van der Waals surface area contributed by atoms with Gasteiger partial charge in [0.1, 0.15) is 16.7 Å². The van der Waals surface area contributed by atoms with Crippen LogP contribution >= 0.6 is 24.0 Å². The highest BCUT2D eigenvalue weighted by Gasteiger charge is 2.31. The number of thioether (sulfide) groups is 1. The highest BCUT2D eigenvalue weighted by Crippen LogP contribution is 2.37. The van der Waals surface area contributed by atoms with E-state index in [0.717, 1.165) is 21.9 Å². The third kappa shape index (κ3) is 4.44. The molecule has 32 heavy (non-hydrogen) atoms. The van der Waals surface area contributed by atoms with Gasteiger partial charge in [0.2, 0.25) is 0 Å². The second-order valence-electron chi connectivity index (χ2n) is 7.07. The number of nitrogens with zero attached hydrogens (tertiary/aromatic N) is 1. The molecule has 0 radical (unpaired) electrons. The van der Waals surface area contributed by atoms with Crippen molar-refractivity contribution >= 4 is 57.0 Å². The lowest BCUT2D eigenvalue weighted by Gasteiger charge is -2.13. The Bertz CT molecular complexity index is 1260. The van der Waals surface area contributed by atoms with Gasteiger partial charge in [0, 0.05) is 12.1 Å². The van der Waals surface area contributed by atoms with Crippen LogP contribution in [0.5, 0.6) is 5.75 Å². The van der Waals surface area contributed by atoms with E-state index in [1.807, 2.05) is 42.5 Å². The summed E-state index contributed by atoms with van der Waals surface area (Å²) in [6.45, 7) is 4.32. The monoisotopic (exact) mass is 461 g/mol. The molecule has 1 fully saturated rings. The number of carbonyl (C=O) groups is 2. The Morgan fingerprint density at radius 2 is 1.88 bits per heavy atom. The molecule has 1 N–H and O–H groups in total. The molecule has 0 aromatic heterocycles. The fourth-order valence-corrected chi connectivity index (χ4v) is 4.63. The van der Waals surface area contributed by atoms with Crippen molar-refractivity contribution in [3.63, 3.8) is 0 Å². The highest BCUT2D eigenvalue weighted by atomic mass is 32.2. The van der Waals surface area contributed by atoms with E-state index >= 15 is 0 Å². The molecule has 0 unspecified atom stereocenters. The van der Waals surface area contributed by atoms with Crippen molar-refractivity contribution in [1.82, 2.24) is 4.90 Å². The summed E-state index contributed by atoms with van der Waals surface area (Å²) in [6, 6.07) is 18.3. The number of rotatable bonds is 7. The van der Waals surface area contributed by atoms with E-state index in [0.29, 0.717) is 21.5 Å². The number of hydrogen-bond acceptors (Lipinski definition) is 5. The van der Waals surface area contributed by atoms with Crippen LogP contribution in [0.15, 0.2) is 78.2 Å². The zero-order valence-electron chi connectivity index (χ0n) is 17.0. The van der Waals surface area contributed by atoms with E-state index in [1.54, 1.807) is 30.3 Å². The molecule has 1 aliphatic rings. The highest BCUT2D eigenvalue weighted by molar-refractivity contribution is 8.26. The van der Waals surface area contributed by atoms with Gasteiger partial charge in [-0.25, -0.2) is 4.79 Å². The number of carbonyl (C=O) groups excluding carboxylic acids is 1. The quantitative estimate of drug-likeness (QED) is 0.285. The van der Waals surface area contributed by atoms with Crippen molar-refractivity contribution in [3.8, 4) is 5.75 Å². The van der Waals surface area contributed by atoms with Gasteiger partial charge in [0.05, 0.1) is 10.5 Å². The van der Waals surface area contributed by atoms with Gasteiger partial charge >= 0.3 is 5.97 Å². The largest absolute Gasteiger partial charge is 0.488 e. The molecule has 3 aromatic carbocycles. The van der Waals surface area contributed by atoms with Crippen molar-refractivity contribution < 1.29 is 19.4 Å². The third-order valence-corrected chi connectivity index (χ3v) is 6.36. The van der Waals surface area contributed by atoms with E-state index in [-0.39, 0.29) is 18.1 Å². The van der Waals surface area contributed by atoms with Crippen LogP contribution in [-0.2, 0) is 11.4 Å². The molecule has 1 aliphatic heterocycles. The lowest BCUT2D eigenvalue weighted by Crippen LogP contribution is -2.27. The topological polar surface area (TPSA) is 66.8 Å². The Morgan fingerprint density at radius 1 is 1.12 bits per heavy atom. The minimum absolute atomic E-state index is 0.150. The second-order valence-corrected chi connectivity index (χ2v) is 8.75. The molecule has 0 aliphatic carbocycles. The standard InChI is InChI=1S/C25H19NO4S2/c1-2-13-26-23(27)22(32-25(26)31)14-20-19-6-4-3-5-17(19)11-12-21(20)30-15-16-7-9-18(10-8-16)24(28)29/h2-12,14H,1,13,15H2,(H,28,29)/b22-14-. The van der Waals surface area contributed by atoms with Crippen LogP contribution in [-0.4, -0.2) is 32.7 Å². The number of ether oxygens (including phenoxy) is 1. The predicted octanol–water partition coefficient (Wildman–Crippen LogP) is 5.50. The number of aromatic carboxylic acids is 1. The molecular formula is C25H19NO4S2. The van der Waals surface area contributed by atoms with Crippen molar-refractivity contribution in [1.29, 1.82) is 0 Å². The average Bonchev–Trinajstić information content (AvgIpc) is 3.06. The first-order valence-corrected chi connectivity index (χ1v) is 11.0. The SMILES string of the molecule is C=CCN1C(=O)/C(=C/c2c(OCc3ccc(C(=O)O)cc3)ccc3ccccc23)SC1=S. The summed E-state index contributed by atoms with van der Waals surface area (Å²) in [7, 11) is 0. The van der Waals surface area contributed by atoms with Crippen LogP contribution in [0.4, 0.5) is 0 Å². The number of benzene rings is 3. The number of carboxylic acids is 1. The predicted molar refractivity (Wildman–Crippen MR) is 132 cm³/mol. The number of fused-ring (bicyclic) bond motifs is 1.